The van der Waals surface area contributed by atoms with Crippen molar-refractivity contribution in [2.75, 3.05) is 19.8 Å². The van der Waals surface area contributed by atoms with E-state index in [4.69, 9.17) is 18.8 Å². The van der Waals surface area contributed by atoms with Crippen LogP contribution in [-0.4, -0.2) is 90.0 Å². The number of alkyl halides is 2. The van der Waals surface area contributed by atoms with Crippen LogP contribution < -0.4 is 0 Å². The fourth-order valence-electron chi connectivity index (χ4n) is 9.69. The van der Waals surface area contributed by atoms with Gasteiger partial charge in [0.1, 0.15) is 24.9 Å². The summed E-state index contributed by atoms with van der Waals surface area (Å²) in [5.74, 6) is -3.07. The summed E-state index contributed by atoms with van der Waals surface area (Å²) in [6.07, 6.45) is 5.81. The molecular formula is C29H39F2NO11S. The normalized spacial score (nSPS) is 38.7. The lowest BCUT2D eigenvalue weighted by Crippen LogP contribution is -2.55. The number of carbonyl (C=O) groups excluding carboxylic acids is 4. The van der Waals surface area contributed by atoms with Crippen molar-refractivity contribution >= 4 is 33.9 Å². The van der Waals surface area contributed by atoms with E-state index in [0.717, 1.165) is 19.3 Å². The molecule has 7 fully saturated rings. The van der Waals surface area contributed by atoms with Gasteiger partial charge in [-0.15, -0.1) is 0 Å². The van der Waals surface area contributed by atoms with Crippen molar-refractivity contribution < 1.29 is 59.9 Å². The Balaban J connectivity index is 1.11. The van der Waals surface area contributed by atoms with Crippen molar-refractivity contribution in [3.05, 3.63) is 0 Å². The number of nitrogens with zero attached hydrogens (tertiary/aromatic N) is 1. The zero-order valence-corrected chi connectivity index (χ0v) is 25.7. The summed E-state index contributed by atoms with van der Waals surface area (Å²) in [6.45, 7) is 1.98. The molecule has 12 nitrogen and oxygen atoms in total. The fourth-order valence-corrected chi connectivity index (χ4v) is 9.90. The topological polar surface area (TPSA) is 163 Å². The van der Waals surface area contributed by atoms with Gasteiger partial charge in [0.2, 0.25) is 5.91 Å². The number of ether oxygens (including phenoxy) is 4. The van der Waals surface area contributed by atoms with Gasteiger partial charge in [-0.1, -0.05) is 0 Å². The molecule has 0 radical (unpaired) electrons. The lowest BCUT2D eigenvalue weighted by atomic mass is 9.54. The zero-order chi connectivity index (χ0) is 32.0. The molecule has 1 amide bonds. The van der Waals surface area contributed by atoms with E-state index in [1.54, 1.807) is 4.90 Å². The molecule has 0 spiro atoms. The first-order valence-corrected chi connectivity index (χ1v) is 16.7. The van der Waals surface area contributed by atoms with Crippen LogP contribution in [0.15, 0.2) is 0 Å². The molecule has 0 aromatic carbocycles. The Labute approximate surface area is 254 Å². The zero-order valence-electron chi connectivity index (χ0n) is 24.9. The minimum absolute atomic E-state index is 0.151. The van der Waals surface area contributed by atoms with Crippen LogP contribution in [0.1, 0.15) is 65.7 Å². The lowest BCUT2D eigenvalue weighted by molar-refractivity contribution is -0.197. The van der Waals surface area contributed by atoms with E-state index in [9.17, 15) is 36.4 Å². The number of hydrogen-bond donors (Lipinski definition) is 1. The highest BCUT2D eigenvalue weighted by atomic mass is 32.2. The second-order valence-corrected chi connectivity index (χ2v) is 16.3. The molecule has 0 aromatic heterocycles. The van der Waals surface area contributed by atoms with Crippen molar-refractivity contribution in [3.8, 4) is 0 Å². The molecule has 15 heteroatoms. The first kappa shape index (κ1) is 31.6. The standard InChI is InChI=1S/C29H39F2NO11S/c1-27(2,3)32-23-17-7-18(24(23)42-20(34)12-40-11-19(33)41-13-29(30,31)44(37,38)39)22(21(17)25(32)35)26(36)43-28-8-14-4-15(9-28)6-16(5-14)10-28/h14-18,21-24H,4-13H2,1-3H3,(H,37,38,39). The third-order valence-corrected chi connectivity index (χ3v) is 11.5. The summed E-state index contributed by atoms with van der Waals surface area (Å²) in [6, 6.07) is -0.447. The van der Waals surface area contributed by atoms with E-state index in [1.165, 1.54) is 19.3 Å². The highest BCUT2D eigenvalue weighted by Gasteiger charge is 2.72. The highest BCUT2D eigenvalue weighted by Crippen LogP contribution is 2.62. The number of halogens is 2. The summed E-state index contributed by atoms with van der Waals surface area (Å²) in [4.78, 5) is 54.1. The van der Waals surface area contributed by atoms with Gasteiger partial charge in [-0.25, -0.2) is 9.59 Å². The predicted octanol–water partition coefficient (Wildman–Crippen LogP) is 2.34. The number of carbonyl (C=O) groups is 4. The first-order chi connectivity index (χ1) is 20.4. The van der Waals surface area contributed by atoms with Crippen LogP contribution in [0.25, 0.3) is 0 Å². The van der Waals surface area contributed by atoms with Crippen molar-refractivity contribution in [1.29, 1.82) is 0 Å². The number of fused-ring (bicyclic) bond motifs is 1. The average molecular weight is 648 g/mol. The Morgan fingerprint density at radius 1 is 0.955 bits per heavy atom. The number of esters is 3. The van der Waals surface area contributed by atoms with E-state index in [1.807, 2.05) is 20.8 Å². The number of amides is 1. The fraction of sp³-hybridized carbons (Fsp3) is 0.862. The highest BCUT2D eigenvalue weighted by molar-refractivity contribution is 7.86. The van der Waals surface area contributed by atoms with Crippen molar-refractivity contribution in [2.45, 2.75) is 94.3 Å². The molecule has 6 atom stereocenters. The van der Waals surface area contributed by atoms with E-state index < -0.39 is 94.1 Å². The number of hydrogen-bond acceptors (Lipinski definition) is 10. The van der Waals surface area contributed by atoms with Crippen LogP contribution in [0.3, 0.4) is 0 Å². The van der Waals surface area contributed by atoms with Gasteiger partial charge in [0.25, 0.3) is 0 Å². The van der Waals surface area contributed by atoms with Crippen molar-refractivity contribution in [2.24, 2.45) is 41.4 Å². The van der Waals surface area contributed by atoms with Crippen molar-refractivity contribution in [1.82, 2.24) is 4.90 Å². The van der Waals surface area contributed by atoms with Crippen LogP contribution in [0.2, 0.25) is 0 Å². The maximum absolute atomic E-state index is 14.0. The molecule has 44 heavy (non-hydrogen) atoms. The third-order valence-electron chi connectivity index (χ3n) is 10.7. The quantitative estimate of drug-likeness (QED) is 0.210. The molecule has 6 bridgehead atoms. The first-order valence-electron chi connectivity index (χ1n) is 15.2. The smallest absolute Gasteiger partial charge is 0.402 e. The van der Waals surface area contributed by atoms with E-state index in [0.29, 0.717) is 24.2 Å². The van der Waals surface area contributed by atoms with Crippen LogP contribution >= 0.6 is 0 Å². The molecule has 1 heterocycles. The SMILES string of the molecule is CC(C)(C)N1C(=O)C2C3CC(C(OC(=O)COCC(=O)OCC(F)(F)S(=O)(=O)O)C31)C2C(=O)OC12CC3CC(CC(C3)C1)C2. The molecule has 246 valence electrons. The van der Waals surface area contributed by atoms with Crippen LogP contribution in [0.5, 0.6) is 0 Å². The van der Waals surface area contributed by atoms with E-state index in [2.05, 4.69) is 4.74 Å². The van der Waals surface area contributed by atoms with Gasteiger partial charge in [-0.3, -0.25) is 14.1 Å². The Hall–Kier alpha value is -2.39. The molecule has 6 unspecified atom stereocenters. The molecule has 6 saturated carbocycles. The molecule has 1 N–H and O–H groups in total. The second-order valence-electron chi connectivity index (χ2n) is 14.7. The number of likely N-dealkylation sites (tertiary alicyclic amines) is 1. The molecule has 7 rings (SSSR count). The maximum Gasteiger partial charge on any atom is 0.402 e. The Morgan fingerprint density at radius 3 is 2.07 bits per heavy atom. The predicted molar refractivity (Wildman–Crippen MR) is 144 cm³/mol. The molecule has 6 aliphatic carbocycles. The van der Waals surface area contributed by atoms with Gasteiger partial charge < -0.3 is 23.8 Å². The summed E-state index contributed by atoms with van der Waals surface area (Å²) < 4.78 is 77.6. The summed E-state index contributed by atoms with van der Waals surface area (Å²) in [7, 11) is -5.78. The monoisotopic (exact) mass is 647 g/mol. The molecule has 1 aliphatic heterocycles. The largest absolute Gasteiger partial charge is 0.459 e. The molecule has 1 saturated heterocycles. The van der Waals surface area contributed by atoms with Crippen molar-refractivity contribution in [3.63, 3.8) is 0 Å². The van der Waals surface area contributed by atoms with Gasteiger partial charge in [-0.2, -0.15) is 17.2 Å². The minimum atomic E-state index is -5.78. The molecule has 7 aliphatic rings. The van der Waals surface area contributed by atoms with Crippen LogP contribution in [0, 0.1) is 41.4 Å². The summed E-state index contributed by atoms with van der Waals surface area (Å²) in [5, 5.41) is -4.70. The van der Waals surface area contributed by atoms with Gasteiger partial charge in [0.15, 0.2) is 6.61 Å². The van der Waals surface area contributed by atoms with Crippen LogP contribution in [0.4, 0.5) is 8.78 Å². The van der Waals surface area contributed by atoms with Gasteiger partial charge in [0.05, 0.1) is 17.9 Å². The van der Waals surface area contributed by atoms with E-state index >= 15 is 0 Å². The molecule has 0 aromatic rings. The Kier molecular flexibility index (Phi) is 7.59. The van der Waals surface area contributed by atoms with Crippen LogP contribution in [-0.2, 0) is 48.2 Å². The van der Waals surface area contributed by atoms with Gasteiger partial charge in [-0.05, 0) is 89.4 Å². The minimum Gasteiger partial charge on any atom is -0.459 e. The molecular weight excluding hydrogens is 608 g/mol. The summed E-state index contributed by atoms with van der Waals surface area (Å²) >= 11 is 0. The summed E-state index contributed by atoms with van der Waals surface area (Å²) in [5.41, 5.74) is -1.10. The maximum atomic E-state index is 14.0. The third kappa shape index (κ3) is 5.40. The number of rotatable bonds is 10. The lowest BCUT2D eigenvalue weighted by Gasteiger charge is -2.56. The van der Waals surface area contributed by atoms with Gasteiger partial charge in [0, 0.05) is 11.5 Å². The van der Waals surface area contributed by atoms with Gasteiger partial charge >= 0.3 is 33.3 Å². The average Bonchev–Trinajstić information content (AvgIpc) is 3.48. The second kappa shape index (κ2) is 10.6. The Morgan fingerprint density at radius 2 is 1.52 bits per heavy atom. The Bertz CT molecular complexity index is 1310. The van der Waals surface area contributed by atoms with E-state index in [-0.39, 0.29) is 11.8 Å².